The van der Waals surface area contributed by atoms with Gasteiger partial charge in [0.15, 0.2) is 0 Å². The molecular weight excluding hydrogens is 508 g/mol. The van der Waals surface area contributed by atoms with Gasteiger partial charge in [-0.05, 0) is 50.3 Å². The molecule has 1 saturated carbocycles. The van der Waals surface area contributed by atoms with E-state index in [1.54, 1.807) is 30.6 Å². The largest absolute Gasteiger partial charge is 0.343 e. The number of nitrogens with zero attached hydrogens (tertiary/aromatic N) is 2. The summed E-state index contributed by atoms with van der Waals surface area (Å²) < 4.78 is 0. The van der Waals surface area contributed by atoms with E-state index in [2.05, 4.69) is 22.8 Å². The van der Waals surface area contributed by atoms with Crippen LogP contribution in [0.3, 0.4) is 0 Å². The third-order valence-electron chi connectivity index (χ3n) is 8.00. The topological polar surface area (TPSA) is 81.8 Å². The van der Waals surface area contributed by atoms with Crippen molar-refractivity contribution in [2.75, 3.05) is 25.2 Å². The molecule has 1 heterocycles. The molecule has 7 nitrogen and oxygen atoms in total. The summed E-state index contributed by atoms with van der Waals surface area (Å²) in [5.41, 5.74) is 2.24. The molecular formula is C31H42N4O3S. The highest BCUT2D eigenvalue weighted by atomic mass is 32.2. The Kier molecular flexibility index (Phi) is 10.9. The second-order valence-corrected chi connectivity index (χ2v) is 11.7. The number of thioether (sulfide) groups is 1. The third-order valence-corrected chi connectivity index (χ3v) is 9.02. The van der Waals surface area contributed by atoms with Crippen LogP contribution >= 0.6 is 11.8 Å². The third kappa shape index (κ3) is 7.85. The van der Waals surface area contributed by atoms with Gasteiger partial charge in [-0.3, -0.25) is 14.4 Å². The predicted molar refractivity (Wildman–Crippen MR) is 157 cm³/mol. The van der Waals surface area contributed by atoms with E-state index in [9.17, 15) is 14.4 Å². The average Bonchev–Trinajstić information content (AvgIpc) is 3.48. The minimum absolute atomic E-state index is 0.0227. The molecule has 1 aliphatic heterocycles. The van der Waals surface area contributed by atoms with Crippen molar-refractivity contribution in [3.63, 3.8) is 0 Å². The first-order valence-electron chi connectivity index (χ1n) is 14.2. The lowest BCUT2D eigenvalue weighted by atomic mass is 9.83. The number of benzene rings is 2. The fraction of sp³-hybridized carbons (Fsp3) is 0.516. The zero-order chi connectivity index (χ0) is 27.6. The fourth-order valence-electron chi connectivity index (χ4n) is 5.49. The van der Waals surface area contributed by atoms with Crippen LogP contribution in [0.4, 0.5) is 0 Å². The normalized spacial score (nSPS) is 19.3. The first kappa shape index (κ1) is 29.2. The van der Waals surface area contributed by atoms with Crippen molar-refractivity contribution >= 4 is 29.5 Å². The van der Waals surface area contributed by atoms with Gasteiger partial charge >= 0.3 is 0 Å². The molecule has 2 aliphatic rings. The second kappa shape index (κ2) is 14.5. The Morgan fingerprint density at radius 1 is 0.974 bits per heavy atom. The van der Waals surface area contributed by atoms with Crippen molar-refractivity contribution < 1.29 is 14.4 Å². The summed E-state index contributed by atoms with van der Waals surface area (Å²) in [5.74, 6) is 0.812. The van der Waals surface area contributed by atoms with E-state index < -0.39 is 18.1 Å². The van der Waals surface area contributed by atoms with Crippen molar-refractivity contribution in [1.82, 2.24) is 20.4 Å². The maximum Gasteiger partial charge on any atom is 0.246 e. The summed E-state index contributed by atoms with van der Waals surface area (Å²) in [6.45, 7) is 2.87. The van der Waals surface area contributed by atoms with E-state index in [4.69, 9.17) is 0 Å². The van der Waals surface area contributed by atoms with Crippen LogP contribution in [-0.4, -0.2) is 70.9 Å². The van der Waals surface area contributed by atoms with Gasteiger partial charge in [0.25, 0.3) is 0 Å². The molecule has 0 aromatic heterocycles. The molecule has 39 heavy (non-hydrogen) atoms. The van der Waals surface area contributed by atoms with Gasteiger partial charge in [0.2, 0.25) is 17.7 Å². The standard InChI is InChI=1S/C31H42N4O3S/c1-23(32-2)29(36)33-28(26-16-10-5-11-17-26)31(38)35-22-39-21-27(35)30(37)34(20-25-14-8-4-9-15-25)19-18-24-12-6-3-7-13-24/h3-4,6-9,12-15,23,26-28,32H,5,10-11,16-22H2,1-2H3,(H,33,36)/t23-,27-,28-/m0/s1. The summed E-state index contributed by atoms with van der Waals surface area (Å²) in [6.07, 6.45) is 5.87. The second-order valence-electron chi connectivity index (χ2n) is 10.7. The SMILES string of the molecule is CN[C@@H](C)C(=O)N[C@H](C(=O)N1CSC[C@H]1C(=O)N(CCc1ccccc1)Cc1ccccc1)C1CCCCC1. The lowest BCUT2D eigenvalue weighted by Crippen LogP contribution is -2.58. The van der Waals surface area contributed by atoms with E-state index in [0.29, 0.717) is 24.7 Å². The molecule has 0 radical (unpaired) electrons. The Bertz CT molecular complexity index is 1080. The van der Waals surface area contributed by atoms with Gasteiger partial charge in [-0.25, -0.2) is 0 Å². The molecule has 8 heteroatoms. The molecule has 1 saturated heterocycles. The number of likely N-dealkylation sites (N-methyl/N-ethyl adjacent to an activating group) is 1. The van der Waals surface area contributed by atoms with Gasteiger partial charge in [-0.15, -0.1) is 11.8 Å². The Morgan fingerprint density at radius 2 is 1.62 bits per heavy atom. The first-order chi connectivity index (χ1) is 19.0. The number of carbonyl (C=O) groups excluding carboxylic acids is 3. The number of amides is 3. The van der Waals surface area contributed by atoms with E-state index in [1.807, 2.05) is 53.4 Å². The number of nitrogens with one attached hydrogen (secondary N) is 2. The highest BCUT2D eigenvalue weighted by Crippen LogP contribution is 2.31. The van der Waals surface area contributed by atoms with Crippen LogP contribution in [0.2, 0.25) is 0 Å². The molecule has 2 fully saturated rings. The van der Waals surface area contributed by atoms with Crippen molar-refractivity contribution in [2.24, 2.45) is 5.92 Å². The molecule has 2 aromatic carbocycles. The van der Waals surface area contributed by atoms with Crippen LogP contribution in [0.15, 0.2) is 60.7 Å². The van der Waals surface area contributed by atoms with Crippen LogP contribution in [0.25, 0.3) is 0 Å². The van der Waals surface area contributed by atoms with Crippen molar-refractivity contribution in [3.8, 4) is 0 Å². The summed E-state index contributed by atoms with van der Waals surface area (Å²) >= 11 is 1.61. The zero-order valence-electron chi connectivity index (χ0n) is 23.2. The van der Waals surface area contributed by atoms with E-state index >= 15 is 0 Å². The van der Waals surface area contributed by atoms with Gasteiger partial charge in [-0.2, -0.15) is 0 Å². The Hall–Kier alpha value is -2.84. The number of hydrogen-bond acceptors (Lipinski definition) is 5. The highest BCUT2D eigenvalue weighted by Gasteiger charge is 2.42. The lowest BCUT2D eigenvalue weighted by Gasteiger charge is -2.36. The van der Waals surface area contributed by atoms with Crippen LogP contribution in [-0.2, 0) is 27.3 Å². The van der Waals surface area contributed by atoms with Crippen LogP contribution in [0.1, 0.15) is 50.2 Å². The molecule has 0 bridgehead atoms. The maximum atomic E-state index is 14.1. The van der Waals surface area contributed by atoms with Gasteiger partial charge in [0.05, 0.1) is 11.9 Å². The van der Waals surface area contributed by atoms with Crippen LogP contribution in [0, 0.1) is 5.92 Å². The quantitative estimate of drug-likeness (QED) is 0.445. The van der Waals surface area contributed by atoms with Gasteiger partial charge in [0.1, 0.15) is 12.1 Å². The number of rotatable bonds is 11. The molecule has 4 rings (SSSR count). The van der Waals surface area contributed by atoms with Crippen LogP contribution < -0.4 is 10.6 Å². The maximum absolute atomic E-state index is 14.1. The lowest BCUT2D eigenvalue weighted by molar-refractivity contribution is -0.146. The Labute approximate surface area is 237 Å². The predicted octanol–water partition coefficient (Wildman–Crippen LogP) is 3.83. The van der Waals surface area contributed by atoms with E-state index in [-0.39, 0.29) is 23.6 Å². The number of carbonyl (C=O) groups is 3. The van der Waals surface area contributed by atoms with Crippen molar-refractivity contribution in [1.29, 1.82) is 0 Å². The summed E-state index contributed by atoms with van der Waals surface area (Å²) in [5, 5.41) is 6.03. The van der Waals surface area contributed by atoms with E-state index in [1.165, 1.54) is 5.56 Å². The molecule has 2 aromatic rings. The van der Waals surface area contributed by atoms with E-state index in [0.717, 1.165) is 44.1 Å². The summed E-state index contributed by atoms with van der Waals surface area (Å²) in [4.78, 5) is 44.7. The first-order valence-corrected chi connectivity index (χ1v) is 15.4. The average molecular weight is 551 g/mol. The smallest absolute Gasteiger partial charge is 0.246 e. The van der Waals surface area contributed by atoms with Crippen LogP contribution in [0.5, 0.6) is 0 Å². The van der Waals surface area contributed by atoms with Crippen molar-refractivity contribution in [2.45, 2.75) is 70.1 Å². The molecule has 3 amide bonds. The Morgan fingerprint density at radius 3 is 2.26 bits per heavy atom. The summed E-state index contributed by atoms with van der Waals surface area (Å²) in [6, 6.07) is 18.7. The molecule has 0 spiro atoms. The summed E-state index contributed by atoms with van der Waals surface area (Å²) in [7, 11) is 1.74. The van der Waals surface area contributed by atoms with Gasteiger partial charge in [-0.1, -0.05) is 79.9 Å². The molecule has 3 atom stereocenters. The van der Waals surface area contributed by atoms with Crippen molar-refractivity contribution in [3.05, 3.63) is 71.8 Å². The van der Waals surface area contributed by atoms with Gasteiger partial charge < -0.3 is 20.4 Å². The fourth-order valence-corrected chi connectivity index (χ4v) is 6.65. The highest BCUT2D eigenvalue weighted by molar-refractivity contribution is 7.99. The molecule has 2 N–H and O–H groups in total. The zero-order valence-corrected chi connectivity index (χ0v) is 24.0. The minimum atomic E-state index is -0.602. The van der Waals surface area contributed by atoms with Gasteiger partial charge in [0, 0.05) is 18.8 Å². The minimum Gasteiger partial charge on any atom is -0.343 e. The number of hydrogen-bond donors (Lipinski definition) is 2. The molecule has 1 aliphatic carbocycles. The molecule has 210 valence electrons. The molecule has 0 unspecified atom stereocenters. The monoisotopic (exact) mass is 550 g/mol. The Balaban J connectivity index is 1.53.